The van der Waals surface area contributed by atoms with Crippen LogP contribution in [0.2, 0.25) is 0 Å². The third-order valence-electron chi connectivity index (χ3n) is 4.43. The molecule has 0 N–H and O–H groups in total. The zero-order chi connectivity index (χ0) is 16.7. The number of aryl methyl sites for hydroxylation is 1. The molecule has 2 rings (SSSR count). The molecule has 5 nitrogen and oxygen atoms in total. The molecule has 1 aliphatic rings. The maximum atomic E-state index is 12.7. The summed E-state index contributed by atoms with van der Waals surface area (Å²) in [6.07, 6.45) is 5.78. The van der Waals surface area contributed by atoms with Crippen LogP contribution >= 0.6 is 0 Å². The molecular formula is C18H26N2O3. The molecule has 126 valence electrons. The van der Waals surface area contributed by atoms with Crippen LogP contribution in [0.5, 0.6) is 0 Å². The quantitative estimate of drug-likeness (QED) is 0.725. The first kappa shape index (κ1) is 17.4. The van der Waals surface area contributed by atoms with Crippen LogP contribution in [-0.2, 0) is 20.7 Å². The summed E-state index contributed by atoms with van der Waals surface area (Å²) in [5.41, 5.74) is 0.142. The Morgan fingerprint density at radius 3 is 2.83 bits per heavy atom. The van der Waals surface area contributed by atoms with Gasteiger partial charge in [0.25, 0.3) is 0 Å². The van der Waals surface area contributed by atoms with Crippen LogP contribution in [0.3, 0.4) is 0 Å². The minimum absolute atomic E-state index is 0.0228. The molecular weight excluding hydrogens is 292 g/mol. The van der Waals surface area contributed by atoms with Gasteiger partial charge >= 0.3 is 5.97 Å². The van der Waals surface area contributed by atoms with Gasteiger partial charge < -0.3 is 9.64 Å². The van der Waals surface area contributed by atoms with Crippen molar-refractivity contribution in [3.8, 4) is 0 Å². The first-order chi connectivity index (χ1) is 11.1. The number of esters is 1. The van der Waals surface area contributed by atoms with Crippen molar-refractivity contribution in [1.29, 1.82) is 0 Å². The molecule has 23 heavy (non-hydrogen) atoms. The largest absolute Gasteiger partial charge is 0.464 e. The van der Waals surface area contributed by atoms with Crippen LogP contribution in [-0.4, -0.2) is 40.5 Å². The molecule has 1 saturated heterocycles. The predicted molar refractivity (Wildman–Crippen MR) is 87.8 cm³/mol. The van der Waals surface area contributed by atoms with E-state index < -0.39 is 5.54 Å². The van der Waals surface area contributed by atoms with Crippen molar-refractivity contribution in [1.82, 2.24) is 9.88 Å². The van der Waals surface area contributed by atoms with Crippen LogP contribution < -0.4 is 0 Å². The number of carbonyl (C=O) groups excluding carboxylic acids is 2. The van der Waals surface area contributed by atoms with Gasteiger partial charge in [0.1, 0.15) is 5.54 Å². The fourth-order valence-electron chi connectivity index (χ4n) is 3.41. The van der Waals surface area contributed by atoms with Crippen molar-refractivity contribution in [2.45, 2.75) is 57.9 Å². The topological polar surface area (TPSA) is 59.5 Å². The summed E-state index contributed by atoms with van der Waals surface area (Å²) in [6.45, 7) is 4.83. The molecule has 0 radical (unpaired) electrons. The molecule has 1 aromatic rings. The van der Waals surface area contributed by atoms with E-state index in [0.29, 0.717) is 38.8 Å². The van der Waals surface area contributed by atoms with Gasteiger partial charge in [-0.15, -0.1) is 0 Å². The number of hydrogen-bond donors (Lipinski definition) is 0. The standard InChI is InChI=1S/C18H26N2O3/c1-3-11-18(17(22)23-4-2)12-7-14-20(18)16(21)10-9-15-8-5-6-13-19-15/h5-6,8,13H,3-4,7,9-12,14H2,1-2H3. The third-order valence-corrected chi connectivity index (χ3v) is 4.43. The van der Waals surface area contributed by atoms with Crippen molar-refractivity contribution in [2.24, 2.45) is 0 Å². The number of pyridine rings is 1. The van der Waals surface area contributed by atoms with E-state index in [-0.39, 0.29) is 11.9 Å². The van der Waals surface area contributed by atoms with Gasteiger partial charge in [0.2, 0.25) is 5.91 Å². The van der Waals surface area contributed by atoms with E-state index in [1.54, 1.807) is 18.0 Å². The number of nitrogens with zero attached hydrogens (tertiary/aromatic N) is 2. The van der Waals surface area contributed by atoms with E-state index >= 15 is 0 Å². The van der Waals surface area contributed by atoms with Crippen molar-refractivity contribution in [2.75, 3.05) is 13.2 Å². The smallest absolute Gasteiger partial charge is 0.332 e. The number of aromatic nitrogens is 1. The summed E-state index contributed by atoms with van der Waals surface area (Å²) >= 11 is 0. The van der Waals surface area contributed by atoms with Gasteiger partial charge in [0.15, 0.2) is 0 Å². The van der Waals surface area contributed by atoms with E-state index in [1.807, 2.05) is 25.1 Å². The SMILES string of the molecule is CCCC1(C(=O)OCC)CCCN1C(=O)CCc1ccccn1. The summed E-state index contributed by atoms with van der Waals surface area (Å²) in [5.74, 6) is -0.222. The molecule has 0 aromatic carbocycles. The highest BCUT2D eigenvalue weighted by molar-refractivity contribution is 5.89. The van der Waals surface area contributed by atoms with Crippen LogP contribution in [0.25, 0.3) is 0 Å². The predicted octanol–water partition coefficient (Wildman–Crippen LogP) is 2.74. The Labute approximate surface area is 138 Å². The van der Waals surface area contributed by atoms with E-state index in [4.69, 9.17) is 4.74 Å². The van der Waals surface area contributed by atoms with Crippen molar-refractivity contribution in [3.05, 3.63) is 30.1 Å². The summed E-state index contributed by atoms with van der Waals surface area (Å²) in [6, 6.07) is 5.70. The summed E-state index contributed by atoms with van der Waals surface area (Å²) in [4.78, 5) is 31.2. The molecule has 0 bridgehead atoms. The van der Waals surface area contributed by atoms with Gasteiger partial charge in [0, 0.05) is 24.9 Å². The maximum Gasteiger partial charge on any atom is 0.332 e. The lowest BCUT2D eigenvalue weighted by atomic mass is 9.90. The summed E-state index contributed by atoms with van der Waals surface area (Å²) < 4.78 is 5.28. The van der Waals surface area contributed by atoms with Gasteiger partial charge in [-0.1, -0.05) is 19.4 Å². The highest BCUT2D eigenvalue weighted by Crippen LogP contribution is 2.35. The normalized spacial score (nSPS) is 20.5. The lowest BCUT2D eigenvalue weighted by Crippen LogP contribution is -2.53. The average molecular weight is 318 g/mol. The molecule has 5 heteroatoms. The van der Waals surface area contributed by atoms with Crippen LogP contribution in [0.4, 0.5) is 0 Å². The van der Waals surface area contributed by atoms with Crippen LogP contribution in [0, 0.1) is 0 Å². The van der Waals surface area contributed by atoms with Crippen LogP contribution in [0.15, 0.2) is 24.4 Å². The van der Waals surface area contributed by atoms with Gasteiger partial charge in [-0.2, -0.15) is 0 Å². The molecule has 1 unspecified atom stereocenters. The van der Waals surface area contributed by atoms with Gasteiger partial charge in [-0.05, 0) is 44.7 Å². The first-order valence-electron chi connectivity index (χ1n) is 8.51. The molecule has 1 amide bonds. The number of hydrogen-bond acceptors (Lipinski definition) is 4. The number of likely N-dealkylation sites (tertiary alicyclic amines) is 1. The first-order valence-corrected chi connectivity index (χ1v) is 8.51. The minimum Gasteiger partial charge on any atom is -0.464 e. The van der Waals surface area contributed by atoms with Crippen molar-refractivity contribution in [3.63, 3.8) is 0 Å². The monoisotopic (exact) mass is 318 g/mol. The van der Waals surface area contributed by atoms with E-state index in [0.717, 1.165) is 18.5 Å². The Balaban J connectivity index is 2.08. The second kappa shape index (κ2) is 8.09. The summed E-state index contributed by atoms with van der Waals surface area (Å²) in [7, 11) is 0. The number of ether oxygens (including phenoxy) is 1. The zero-order valence-corrected chi connectivity index (χ0v) is 14.1. The molecule has 2 heterocycles. The molecule has 0 saturated carbocycles. The fourth-order valence-corrected chi connectivity index (χ4v) is 3.41. The van der Waals surface area contributed by atoms with E-state index in [1.165, 1.54) is 0 Å². The molecule has 0 spiro atoms. The Morgan fingerprint density at radius 2 is 2.17 bits per heavy atom. The van der Waals surface area contributed by atoms with Crippen molar-refractivity contribution < 1.29 is 14.3 Å². The summed E-state index contributed by atoms with van der Waals surface area (Å²) in [5, 5.41) is 0. The van der Waals surface area contributed by atoms with Crippen molar-refractivity contribution >= 4 is 11.9 Å². The van der Waals surface area contributed by atoms with Gasteiger partial charge in [-0.3, -0.25) is 9.78 Å². The van der Waals surface area contributed by atoms with E-state index in [9.17, 15) is 9.59 Å². The Bertz CT molecular complexity index is 532. The lowest BCUT2D eigenvalue weighted by Gasteiger charge is -2.36. The fraction of sp³-hybridized carbons (Fsp3) is 0.611. The highest BCUT2D eigenvalue weighted by Gasteiger charge is 2.49. The van der Waals surface area contributed by atoms with Gasteiger partial charge in [0.05, 0.1) is 6.61 Å². The minimum atomic E-state index is -0.758. The molecule has 1 aliphatic heterocycles. The molecule has 1 atom stereocenters. The highest BCUT2D eigenvalue weighted by atomic mass is 16.5. The number of rotatable bonds is 7. The molecule has 1 aromatic heterocycles. The van der Waals surface area contributed by atoms with Gasteiger partial charge in [-0.25, -0.2) is 4.79 Å². The molecule has 1 fully saturated rings. The average Bonchev–Trinajstić information content (AvgIpc) is 2.99. The van der Waals surface area contributed by atoms with Crippen LogP contribution in [0.1, 0.15) is 51.6 Å². The molecule has 0 aliphatic carbocycles. The third kappa shape index (κ3) is 3.89. The Kier molecular flexibility index (Phi) is 6.13. The maximum absolute atomic E-state index is 12.7. The number of carbonyl (C=O) groups is 2. The zero-order valence-electron chi connectivity index (χ0n) is 14.1. The Morgan fingerprint density at radius 1 is 1.35 bits per heavy atom. The number of amides is 1. The van der Waals surface area contributed by atoms with E-state index in [2.05, 4.69) is 4.98 Å². The second-order valence-corrected chi connectivity index (χ2v) is 5.97. The Hall–Kier alpha value is -1.91. The lowest BCUT2D eigenvalue weighted by molar-refractivity contribution is -0.162. The second-order valence-electron chi connectivity index (χ2n) is 5.97.